The van der Waals surface area contributed by atoms with E-state index in [0.29, 0.717) is 6.61 Å². The van der Waals surface area contributed by atoms with E-state index in [0.717, 1.165) is 6.42 Å². The summed E-state index contributed by atoms with van der Waals surface area (Å²) in [6.45, 7) is 3.84. The Labute approximate surface area is 78.6 Å². The van der Waals surface area contributed by atoms with Crippen LogP contribution in [0.3, 0.4) is 0 Å². The van der Waals surface area contributed by atoms with Crippen LogP contribution in [0.1, 0.15) is 26.7 Å². The minimum absolute atomic E-state index is 0.0110. The van der Waals surface area contributed by atoms with E-state index in [1.54, 1.807) is 7.11 Å². The average molecular weight is 187 g/mol. The van der Waals surface area contributed by atoms with Gasteiger partial charge in [-0.25, -0.2) is 0 Å². The predicted molar refractivity (Wildman–Crippen MR) is 49.4 cm³/mol. The largest absolute Gasteiger partial charge is 0.383 e. The number of carbonyl (C=O) groups excluding carboxylic acids is 2. The second-order valence-corrected chi connectivity index (χ2v) is 3.01. The maximum atomic E-state index is 11.1. The molecule has 0 fully saturated rings. The lowest BCUT2D eigenvalue weighted by atomic mass is 10.2. The highest BCUT2D eigenvalue weighted by atomic mass is 16.5. The molecule has 1 amide bonds. The predicted octanol–water partition coefficient (Wildman–Crippen LogP) is 0.507. The minimum atomic E-state index is -0.226. The van der Waals surface area contributed by atoms with Gasteiger partial charge in [0.05, 0.1) is 19.1 Å². The first-order valence-electron chi connectivity index (χ1n) is 4.37. The van der Waals surface area contributed by atoms with Crippen LogP contribution in [-0.2, 0) is 14.3 Å². The van der Waals surface area contributed by atoms with E-state index in [2.05, 4.69) is 5.32 Å². The lowest BCUT2D eigenvalue weighted by Crippen LogP contribution is -2.38. The normalized spacial score (nSPS) is 12.2. The number of amides is 1. The van der Waals surface area contributed by atoms with Crippen molar-refractivity contribution in [3.8, 4) is 0 Å². The van der Waals surface area contributed by atoms with Gasteiger partial charge in [0.15, 0.2) is 0 Å². The second-order valence-electron chi connectivity index (χ2n) is 3.01. The topological polar surface area (TPSA) is 55.4 Å². The molecular formula is C9H17NO3. The van der Waals surface area contributed by atoms with Crippen molar-refractivity contribution in [3.05, 3.63) is 0 Å². The third kappa shape index (κ3) is 6.28. The van der Waals surface area contributed by atoms with Crippen LogP contribution in [0, 0.1) is 0 Å². The molecule has 0 aromatic carbocycles. The van der Waals surface area contributed by atoms with E-state index in [4.69, 9.17) is 4.74 Å². The molecule has 0 spiro atoms. The van der Waals surface area contributed by atoms with Crippen LogP contribution in [0.15, 0.2) is 0 Å². The monoisotopic (exact) mass is 187 g/mol. The van der Waals surface area contributed by atoms with E-state index >= 15 is 0 Å². The SMILES string of the molecule is CCC(COC)NC(=O)CC(C)=O. The number of Topliss-reactive ketones (excluding diaryl/α,β-unsaturated/α-hetero) is 1. The highest BCUT2D eigenvalue weighted by Crippen LogP contribution is 1.93. The van der Waals surface area contributed by atoms with Crippen molar-refractivity contribution in [1.29, 1.82) is 0 Å². The highest BCUT2D eigenvalue weighted by Gasteiger charge is 2.10. The van der Waals surface area contributed by atoms with Crippen molar-refractivity contribution in [1.82, 2.24) is 5.32 Å². The zero-order valence-electron chi connectivity index (χ0n) is 8.42. The Morgan fingerprint density at radius 1 is 1.46 bits per heavy atom. The number of methoxy groups -OCH3 is 1. The van der Waals surface area contributed by atoms with Gasteiger partial charge >= 0.3 is 0 Å². The van der Waals surface area contributed by atoms with Gasteiger partial charge in [0.25, 0.3) is 0 Å². The molecule has 4 nitrogen and oxygen atoms in total. The number of hydrogen-bond acceptors (Lipinski definition) is 3. The zero-order chi connectivity index (χ0) is 10.3. The first kappa shape index (κ1) is 12.1. The molecule has 0 aromatic rings. The molecule has 0 aliphatic heterocycles. The highest BCUT2D eigenvalue weighted by molar-refractivity contribution is 5.96. The van der Waals surface area contributed by atoms with Crippen LogP contribution >= 0.6 is 0 Å². The van der Waals surface area contributed by atoms with Gasteiger partial charge in [0.2, 0.25) is 5.91 Å². The Morgan fingerprint density at radius 2 is 2.08 bits per heavy atom. The van der Waals surface area contributed by atoms with Crippen LogP contribution in [-0.4, -0.2) is 31.4 Å². The van der Waals surface area contributed by atoms with Crippen LogP contribution < -0.4 is 5.32 Å². The molecule has 13 heavy (non-hydrogen) atoms. The van der Waals surface area contributed by atoms with E-state index < -0.39 is 0 Å². The number of ketones is 1. The Balaban J connectivity index is 3.79. The minimum Gasteiger partial charge on any atom is -0.383 e. The summed E-state index contributed by atoms with van der Waals surface area (Å²) in [7, 11) is 1.58. The molecule has 1 atom stereocenters. The molecule has 4 heteroatoms. The fourth-order valence-corrected chi connectivity index (χ4v) is 0.968. The quantitative estimate of drug-likeness (QED) is 0.616. The Bertz CT molecular complexity index is 180. The molecule has 0 rings (SSSR count). The molecular weight excluding hydrogens is 170 g/mol. The van der Waals surface area contributed by atoms with Gasteiger partial charge in [0, 0.05) is 7.11 Å². The molecule has 0 bridgehead atoms. The molecule has 1 N–H and O–H groups in total. The van der Waals surface area contributed by atoms with Crippen molar-refractivity contribution in [2.24, 2.45) is 0 Å². The first-order valence-corrected chi connectivity index (χ1v) is 4.37. The average Bonchev–Trinajstić information content (AvgIpc) is 2.02. The Hall–Kier alpha value is -0.900. The number of carbonyl (C=O) groups is 2. The molecule has 0 aromatic heterocycles. The lowest BCUT2D eigenvalue weighted by molar-refractivity contribution is -0.127. The molecule has 0 saturated heterocycles. The van der Waals surface area contributed by atoms with Gasteiger partial charge in [-0.15, -0.1) is 0 Å². The number of nitrogens with one attached hydrogen (secondary N) is 1. The second kappa shape index (κ2) is 6.60. The fraction of sp³-hybridized carbons (Fsp3) is 0.778. The number of hydrogen-bond donors (Lipinski definition) is 1. The summed E-state index contributed by atoms with van der Waals surface area (Å²) in [5.41, 5.74) is 0. The number of ether oxygens (including phenoxy) is 1. The summed E-state index contributed by atoms with van der Waals surface area (Å²) in [6.07, 6.45) is 0.762. The van der Waals surface area contributed by atoms with Gasteiger partial charge in [-0.3, -0.25) is 9.59 Å². The maximum absolute atomic E-state index is 11.1. The van der Waals surface area contributed by atoms with Crippen LogP contribution in [0.4, 0.5) is 0 Å². The van der Waals surface area contributed by atoms with E-state index in [1.165, 1.54) is 6.92 Å². The zero-order valence-corrected chi connectivity index (χ0v) is 8.42. The summed E-state index contributed by atoms with van der Waals surface area (Å²) in [6, 6.07) is 0.0110. The molecule has 0 heterocycles. The van der Waals surface area contributed by atoms with Crippen LogP contribution in [0.2, 0.25) is 0 Å². The molecule has 1 unspecified atom stereocenters. The van der Waals surface area contributed by atoms with Gasteiger partial charge in [-0.2, -0.15) is 0 Å². The molecule has 0 saturated carbocycles. The molecule has 76 valence electrons. The maximum Gasteiger partial charge on any atom is 0.227 e. The van der Waals surface area contributed by atoms with Gasteiger partial charge in [-0.05, 0) is 13.3 Å². The standard InChI is InChI=1S/C9H17NO3/c1-4-8(6-13-3)10-9(12)5-7(2)11/h8H,4-6H2,1-3H3,(H,10,12). The first-order chi connectivity index (χ1) is 6.10. The summed E-state index contributed by atoms with van der Waals surface area (Å²) < 4.78 is 4.90. The fourth-order valence-electron chi connectivity index (χ4n) is 0.968. The number of rotatable bonds is 6. The molecule has 0 aliphatic rings. The molecule has 0 aliphatic carbocycles. The van der Waals surface area contributed by atoms with Crippen molar-refractivity contribution < 1.29 is 14.3 Å². The summed E-state index contributed by atoms with van der Waals surface area (Å²) in [5, 5.41) is 2.71. The third-order valence-corrected chi connectivity index (χ3v) is 1.64. The van der Waals surface area contributed by atoms with E-state index in [9.17, 15) is 9.59 Å². The Morgan fingerprint density at radius 3 is 2.46 bits per heavy atom. The summed E-state index contributed by atoms with van der Waals surface area (Å²) in [4.78, 5) is 21.7. The van der Waals surface area contributed by atoms with E-state index in [1.807, 2.05) is 6.92 Å². The smallest absolute Gasteiger partial charge is 0.227 e. The lowest BCUT2D eigenvalue weighted by Gasteiger charge is -2.15. The van der Waals surface area contributed by atoms with E-state index in [-0.39, 0.29) is 24.2 Å². The van der Waals surface area contributed by atoms with Gasteiger partial charge in [0.1, 0.15) is 5.78 Å². The molecule has 0 radical (unpaired) electrons. The van der Waals surface area contributed by atoms with Crippen molar-refractivity contribution in [3.63, 3.8) is 0 Å². The van der Waals surface area contributed by atoms with Crippen LogP contribution in [0.5, 0.6) is 0 Å². The Kier molecular flexibility index (Phi) is 6.14. The summed E-state index contributed by atoms with van der Waals surface area (Å²) in [5.74, 6) is -0.346. The van der Waals surface area contributed by atoms with Crippen molar-refractivity contribution >= 4 is 11.7 Å². The third-order valence-electron chi connectivity index (χ3n) is 1.64. The van der Waals surface area contributed by atoms with Crippen molar-refractivity contribution in [2.75, 3.05) is 13.7 Å². The van der Waals surface area contributed by atoms with Gasteiger partial charge in [-0.1, -0.05) is 6.92 Å². The van der Waals surface area contributed by atoms with Crippen LogP contribution in [0.25, 0.3) is 0 Å². The summed E-state index contributed by atoms with van der Waals surface area (Å²) >= 11 is 0. The van der Waals surface area contributed by atoms with Gasteiger partial charge < -0.3 is 10.1 Å². The van der Waals surface area contributed by atoms with Crippen molar-refractivity contribution in [2.45, 2.75) is 32.7 Å².